The van der Waals surface area contributed by atoms with Gasteiger partial charge in [-0.2, -0.15) is 0 Å². The molecular formula is C56H40N2. The molecule has 9 aromatic carbocycles. The van der Waals surface area contributed by atoms with Gasteiger partial charge in [0.2, 0.25) is 0 Å². The average molecular weight is 741 g/mol. The summed E-state index contributed by atoms with van der Waals surface area (Å²) in [4.78, 5) is 4.70. The largest absolute Gasteiger partial charge is 0.310 e. The van der Waals surface area contributed by atoms with Gasteiger partial charge in [0.1, 0.15) is 0 Å². The first-order valence-corrected chi connectivity index (χ1v) is 20.1. The summed E-state index contributed by atoms with van der Waals surface area (Å²) >= 11 is 0. The first kappa shape index (κ1) is 33.9. The first-order valence-electron chi connectivity index (χ1n) is 20.1. The maximum absolute atomic E-state index is 2.38. The van der Waals surface area contributed by atoms with Gasteiger partial charge in [-0.25, -0.2) is 0 Å². The SMILES string of the molecule is Cc1cccc(N(c2ccc(-c3cccc4c3-c3ccccc3C43c4ccccc4-c4ccccc43)cc2)c2cccc(N(c3ccccc3)c3ccccc3)c2)c1. The van der Waals surface area contributed by atoms with Crippen molar-refractivity contribution in [1.82, 2.24) is 0 Å². The lowest BCUT2D eigenvalue weighted by molar-refractivity contribution is 0.794. The van der Waals surface area contributed by atoms with Crippen LogP contribution in [0.5, 0.6) is 0 Å². The first-order chi connectivity index (χ1) is 28.7. The van der Waals surface area contributed by atoms with Crippen LogP contribution in [0, 0.1) is 6.92 Å². The lowest BCUT2D eigenvalue weighted by Gasteiger charge is -2.30. The predicted octanol–water partition coefficient (Wildman–Crippen LogP) is 14.9. The Hall–Kier alpha value is -7.42. The molecular weight excluding hydrogens is 701 g/mol. The molecule has 274 valence electrons. The van der Waals surface area contributed by atoms with Gasteiger partial charge in [-0.3, -0.25) is 0 Å². The summed E-state index contributed by atoms with van der Waals surface area (Å²) in [5.74, 6) is 0. The number of fused-ring (bicyclic) bond motifs is 10. The van der Waals surface area contributed by atoms with Crippen LogP contribution >= 0.6 is 0 Å². The zero-order chi connectivity index (χ0) is 38.6. The molecule has 0 heterocycles. The summed E-state index contributed by atoms with van der Waals surface area (Å²) in [6.07, 6.45) is 0. The van der Waals surface area contributed by atoms with Crippen LogP contribution in [0.3, 0.4) is 0 Å². The molecule has 11 rings (SSSR count). The molecule has 1 spiro atoms. The number of hydrogen-bond donors (Lipinski definition) is 0. The Kier molecular flexibility index (Phi) is 7.97. The molecule has 0 saturated carbocycles. The molecule has 2 aliphatic rings. The van der Waals surface area contributed by atoms with Gasteiger partial charge in [0.25, 0.3) is 0 Å². The molecule has 0 N–H and O–H groups in total. The minimum atomic E-state index is -0.366. The molecule has 0 atom stereocenters. The molecule has 0 unspecified atom stereocenters. The van der Waals surface area contributed by atoms with Gasteiger partial charge in [-0.15, -0.1) is 0 Å². The number of rotatable bonds is 7. The molecule has 2 aliphatic carbocycles. The van der Waals surface area contributed by atoms with Crippen LogP contribution in [0.15, 0.2) is 224 Å². The Morgan fingerprint density at radius 2 is 0.690 bits per heavy atom. The van der Waals surface area contributed by atoms with Crippen LogP contribution in [0.2, 0.25) is 0 Å². The molecule has 0 amide bonds. The van der Waals surface area contributed by atoms with E-state index < -0.39 is 0 Å². The summed E-state index contributed by atoms with van der Waals surface area (Å²) in [5.41, 5.74) is 20.6. The van der Waals surface area contributed by atoms with Gasteiger partial charge < -0.3 is 9.80 Å². The number of anilines is 6. The van der Waals surface area contributed by atoms with Crippen LogP contribution in [0.25, 0.3) is 33.4 Å². The highest BCUT2D eigenvalue weighted by Crippen LogP contribution is 2.64. The lowest BCUT2D eigenvalue weighted by atomic mass is 9.70. The quantitative estimate of drug-likeness (QED) is 0.161. The number of para-hydroxylation sites is 2. The molecule has 9 aromatic rings. The highest BCUT2D eigenvalue weighted by molar-refractivity contribution is 6.00. The van der Waals surface area contributed by atoms with Gasteiger partial charge in [0, 0.05) is 34.1 Å². The van der Waals surface area contributed by atoms with Crippen LogP contribution in [0.4, 0.5) is 34.1 Å². The Labute approximate surface area is 340 Å². The van der Waals surface area contributed by atoms with Crippen LogP contribution in [-0.2, 0) is 5.41 Å². The van der Waals surface area contributed by atoms with E-state index in [2.05, 4.69) is 241 Å². The van der Waals surface area contributed by atoms with Crippen LogP contribution in [-0.4, -0.2) is 0 Å². The number of nitrogens with zero attached hydrogens (tertiary/aromatic N) is 2. The third-order valence-corrected chi connectivity index (χ3v) is 12.1. The van der Waals surface area contributed by atoms with Crippen molar-refractivity contribution in [2.45, 2.75) is 12.3 Å². The second-order valence-electron chi connectivity index (χ2n) is 15.4. The van der Waals surface area contributed by atoms with E-state index in [0.717, 1.165) is 34.1 Å². The molecule has 0 fully saturated rings. The smallest absolute Gasteiger partial charge is 0.0725 e. The van der Waals surface area contributed by atoms with E-state index >= 15 is 0 Å². The van der Waals surface area contributed by atoms with Crippen LogP contribution in [0.1, 0.15) is 27.8 Å². The minimum Gasteiger partial charge on any atom is -0.310 e. The fourth-order valence-corrected chi connectivity index (χ4v) is 9.76. The molecule has 0 saturated heterocycles. The van der Waals surface area contributed by atoms with E-state index in [4.69, 9.17) is 0 Å². The van der Waals surface area contributed by atoms with E-state index in [1.807, 2.05) is 0 Å². The topological polar surface area (TPSA) is 6.48 Å². The zero-order valence-corrected chi connectivity index (χ0v) is 32.3. The third-order valence-electron chi connectivity index (χ3n) is 12.1. The summed E-state index contributed by atoms with van der Waals surface area (Å²) in [5, 5.41) is 0. The Bertz CT molecular complexity index is 2880. The monoisotopic (exact) mass is 740 g/mol. The lowest BCUT2D eigenvalue weighted by Crippen LogP contribution is -2.25. The van der Waals surface area contributed by atoms with Crippen molar-refractivity contribution in [2.75, 3.05) is 9.80 Å². The van der Waals surface area contributed by atoms with Crippen LogP contribution < -0.4 is 9.80 Å². The number of hydrogen-bond acceptors (Lipinski definition) is 2. The summed E-state index contributed by atoms with van der Waals surface area (Å²) in [6.45, 7) is 2.16. The van der Waals surface area contributed by atoms with E-state index in [9.17, 15) is 0 Å². The Morgan fingerprint density at radius 1 is 0.293 bits per heavy atom. The average Bonchev–Trinajstić information content (AvgIpc) is 3.76. The minimum absolute atomic E-state index is 0.366. The molecule has 0 radical (unpaired) electrons. The second-order valence-corrected chi connectivity index (χ2v) is 15.4. The highest BCUT2D eigenvalue weighted by atomic mass is 15.2. The zero-order valence-electron chi connectivity index (χ0n) is 32.3. The highest BCUT2D eigenvalue weighted by Gasteiger charge is 2.51. The van der Waals surface area contributed by atoms with Crippen molar-refractivity contribution in [3.8, 4) is 33.4 Å². The fraction of sp³-hybridized carbons (Fsp3) is 0.0357. The fourth-order valence-electron chi connectivity index (χ4n) is 9.76. The van der Waals surface area contributed by atoms with Crippen molar-refractivity contribution >= 4 is 34.1 Å². The van der Waals surface area contributed by atoms with Gasteiger partial charge in [-0.05, 0) is 135 Å². The van der Waals surface area contributed by atoms with Gasteiger partial charge in [-0.1, -0.05) is 158 Å². The number of aryl methyl sites for hydroxylation is 1. The van der Waals surface area contributed by atoms with Crippen molar-refractivity contribution in [1.29, 1.82) is 0 Å². The van der Waals surface area contributed by atoms with Crippen molar-refractivity contribution in [2.24, 2.45) is 0 Å². The standard InChI is InChI=1S/C56H40N2/c1-39-17-14-22-44(37-39)58(46-24-15-23-45(38-46)57(41-18-4-2-5-19-41)42-20-6-3-7-21-42)43-35-33-40(34-36-43)47-28-16-32-54-55(47)50-27-10-13-31-53(50)56(54)51-29-11-8-25-48(51)49-26-9-12-30-52(49)56/h2-38H,1H3. The Balaban J connectivity index is 1.05. The van der Waals surface area contributed by atoms with Crippen molar-refractivity contribution in [3.05, 3.63) is 252 Å². The van der Waals surface area contributed by atoms with E-state index in [0.29, 0.717) is 0 Å². The van der Waals surface area contributed by atoms with Gasteiger partial charge >= 0.3 is 0 Å². The maximum Gasteiger partial charge on any atom is 0.0725 e. The molecule has 58 heavy (non-hydrogen) atoms. The van der Waals surface area contributed by atoms with Gasteiger partial charge in [0.15, 0.2) is 0 Å². The molecule has 0 aliphatic heterocycles. The van der Waals surface area contributed by atoms with Gasteiger partial charge in [0.05, 0.1) is 5.41 Å². The molecule has 2 heteroatoms. The predicted molar refractivity (Wildman–Crippen MR) is 242 cm³/mol. The molecule has 2 nitrogen and oxygen atoms in total. The van der Waals surface area contributed by atoms with E-state index in [1.165, 1.54) is 61.2 Å². The molecule has 0 aromatic heterocycles. The van der Waals surface area contributed by atoms with Crippen molar-refractivity contribution in [3.63, 3.8) is 0 Å². The maximum atomic E-state index is 2.38. The summed E-state index contributed by atoms with van der Waals surface area (Å²) in [6, 6.07) is 82.1. The summed E-state index contributed by atoms with van der Waals surface area (Å²) in [7, 11) is 0. The Morgan fingerprint density at radius 3 is 1.28 bits per heavy atom. The van der Waals surface area contributed by atoms with E-state index in [1.54, 1.807) is 0 Å². The van der Waals surface area contributed by atoms with Crippen molar-refractivity contribution < 1.29 is 0 Å². The third kappa shape index (κ3) is 5.19. The second kappa shape index (κ2) is 13.7. The summed E-state index contributed by atoms with van der Waals surface area (Å²) < 4.78 is 0. The molecule has 0 bridgehead atoms. The normalized spacial score (nSPS) is 12.7. The van der Waals surface area contributed by atoms with E-state index in [-0.39, 0.29) is 5.41 Å². The number of benzene rings is 9.